The van der Waals surface area contributed by atoms with Crippen molar-refractivity contribution in [3.63, 3.8) is 0 Å². The highest BCUT2D eigenvalue weighted by Crippen LogP contribution is 2.27. The summed E-state index contributed by atoms with van der Waals surface area (Å²) in [5.74, 6) is 1.14. The lowest BCUT2D eigenvalue weighted by Gasteiger charge is -2.10. The molecule has 0 spiro atoms. The van der Waals surface area contributed by atoms with Gasteiger partial charge in [0.1, 0.15) is 17.3 Å². The first-order valence-corrected chi connectivity index (χ1v) is 5.41. The lowest BCUT2D eigenvalue weighted by Crippen LogP contribution is -2.12. The van der Waals surface area contributed by atoms with Crippen LogP contribution in [0.2, 0.25) is 5.02 Å². The molecular formula is C13H11ClN2O. The largest absolute Gasteiger partial charge is 0.457 e. The quantitative estimate of drug-likeness (QED) is 0.644. The van der Waals surface area contributed by atoms with Crippen molar-refractivity contribution < 1.29 is 4.74 Å². The monoisotopic (exact) mass is 246 g/mol. The molecule has 0 aliphatic carbocycles. The zero-order chi connectivity index (χ0) is 12.3. The molecule has 0 amide bonds. The molecule has 0 heterocycles. The molecule has 2 rings (SSSR count). The van der Waals surface area contributed by atoms with E-state index in [4.69, 9.17) is 27.5 Å². The number of rotatable bonds is 3. The third kappa shape index (κ3) is 2.77. The van der Waals surface area contributed by atoms with Gasteiger partial charge < -0.3 is 10.5 Å². The van der Waals surface area contributed by atoms with E-state index in [0.29, 0.717) is 22.1 Å². The zero-order valence-corrected chi connectivity index (χ0v) is 9.74. The minimum absolute atomic E-state index is 0.0709. The van der Waals surface area contributed by atoms with Crippen molar-refractivity contribution in [2.75, 3.05) is 0 Å². The van der Waals surface area contributed by atoms with E-state index in [9.17, 15) is 0 Å². The molecule has 0 aliphatic heterocycles. The van der Waals surface area contributed by atoms with Crippen LogP contribution in [-0.2, 0) is 0 Å². The summed E-state index contributed by atoms with van der Waals surface area (Å²) in [7, 11) is 0. The number of halogens is 1. The van der Waals surface area contributed by atoms with Crippen LogP contribution in [0, 0.1) is 5.41 Å². The highest BCUT2D eigenvalue weighted by Gasteiger charge is 2.08. The third-order valence-electron chi connectivity index (χ3n) is 2.20. The van der Waals surface area contributed by atoms with Crippen LogP contribution >= 0.6 is 11.6 Å². The van der Waals surface area contributed by atoms with Gasteiger partial charge in [-0.2, -0.15) is 0 Å². The van der Waals surface area contributed by atoms with Crippen molar-refractivity contribution in [3.05, 3.63) is 59.1 Å². The van der Waals surface area contributed by atoms with Gasteiger partial charge in [0.2, 0.25) is 0 Å². The normalized spacial score (nSPS) is 9.94. The molecule has 0 aliphatic rings. The van der Waals surface area contributed by atoms with E-state index in [1.54, 1.807) is 18.2 Å². The van der Waals surface area contributed by atoms with Gasteiger partial charge in [0, 0.05) is 5.02 Å². The van der Waals surface area contributed by atoms with Crippen LogP contribution < -0.4 is 10.5 Å². The average Bonchev–Trinajstić information content (AvgIpc) is 2.32. The summed E-state index contributed by atoms with van der Waals surface area (Å²) in [6, 6.07) is 14.3. The van der Waals surface area contributed by atoms with Crippen LogP contribution in [0.5, 0.6) is 11.5 Å². The van der Waals surface area contributed by atoms with Gasteiger partial charge in [-0.1, -0.05) is 29.8 Å². The fourth-order valence-corrected chi connectivity index (χ4v) is 1.59. The van der Waals surface area contributed by atoms with Crippen LogP contribution in [0.15, 0.2) is 48.5 Å². The molecule has 0 saturated heterocycles. The third-order valence-corrected chi connectivity index (χ3v) is 2.44. The molecule has 3 N–H and O–H groups in total. The number of para-hydroxylation sites is 1. The standard InChI is InChI=1S/C13H11ClN2O/c14-9-6-7-12(11(8-9)13(15)16)17-10-4-2-1-3-5-10/h1-8H,(H3,15,16). The molecule has 2 aromatic rings. The Kier molecular flexibility index (Phi) is 3.30. The highest BCUT2D eigenvalue weighted by atomic mass is 35.5. The summed E-state index contributed by atoms with van der Waals surface area (Å²) >= 11 is 5.86. The fourth-order valence-electron chi connectivity index (χ4n) is 1.42. The van der Waals surface area contributed by atoms with E-state index in [-0.39, 0.29) is 5.84 Å². The molecular weight excluding hydrogens is 236 g/mol. The molecule has 0 atom stereocenters. The van der Waals surface area contributed by atoms with Crippen molar-refractivity contribution in [1.82, 2.24) is 0 Å². The molecule has 86 valence electrons. The maximum Gasteiger partial charge on any atom is 0.138 e. The van der Waals surface area contributed by atoms with Gasteiger partial charge in [0.25, 0.3) is 0 Å². The zero-order valence-electron chi connectivity index (χ0n) is 8.98. The van der Waals surface area contributed by atoms with E-state index in [0.717, 1.165) is 0 Å². The van der Waals surface area contributed by atoms with E-state index in [1.807, 2.05) is 30.3 Å². The predicted octanol–water partition coefficient (Wildman–Crippen LogP) is 3.42. The molecule has 0 radical (unpaired) electrons. The Morgan fingerprint density at radius 1 is 1.12 bits per heavy atom. The second-order valence-corrected chi connectivity index (χ2v) is 3.91. The smallest absolute Gasteiger partial charge is 0.138 e. The Hall–Kier alpha value is -2.00. The van der Waals surface area contributed by atoms with Gasteiger partial charge >= 0.3 is 0 Å². The Bertz CT molecular complexity index is 540. The molecule has 0 bridgehead atoms. The minimum atomic E-state index is -0.0709. The summed E-state index contributed by atoms with van der Waals surface area (Å²) < 4.78 is 5.65. The molecule has 0 unspecified atom stereocenters. The minimum Gasteiger partial charge on any atom is -0.457 e. The summed E-state index contributed by atoms with van der Waals surface area (Å²) in [5, 5.41) is 8.00. The van der Waals surface area contributed by atoms with Crippen molar-refractivity contribution >= 4 is 17.4 Å². The first-order valence-electron chi connectivity index (χ1n) is 5.03. The van der Waals surface area contributed by atoms with E-state index >= 15 is 0 Å². The van der Waals surface area contributed by atoms with Gasteiger partial charge in [0.05, 0.1) is 5.56 Å². The Balaban J connectivity index is 2.36. The maximum absolute atomic E-state index is 7.48. The van der Waals surface area contributed by atoms with Crippen molar-refractivity contribution in [1.29, 1.82) is 5.41 Å². The number of nitrogens with one attached hydrogen (secondary N) is 1. The molecule has 4 heteroatoms. The van der Waals surface area contributed by atoms with Crippen LogP contribution in [0.3, 0.4) is 0 Å². The number of nitrogen functional groups attached to an aromatic ring is 1. The van der Waals surface area contributed by atoms with Gasteiger partial charge in [-0.25, -0.2) is 0 Å². The van der Waals surface area contributed by atoms with Crippen LogP contribution in [0.1, 0.15) is 5.56 Å². The van der Waals surface area contributed by atoms with Crippen LogP contribution in [-0.4, -0.2) is 5.84 Å². The lowest BCUT2D eigenvalue weighted by molar-refractivity contribution is 0.481. The first kappa shape index (κ1) is 11.5. The Morgan fingerprint density at radius 2 is 1.82 bits per heavy atom. The van der Waals surface area contributed by atoms with Crippen LogP contribution in [0.25, 0.3) is 0 Å². The van der Waals surface area contributed by atoms with E-state index in [1.165, 1.54) is 0 Å². The molecule has 2 aromatic carbocycles. The number of hydrogen-bond donors (Lipinski definition) is 2. The van der Waals surface area contributed by atoms with Gasteiger partial charge in [0.15, 0.2) is 0 Å². The molecule has 17 heavy (non-hydrogen) atoms. The molecule has 0 aromatic heterocycles. The van der Waals surface area contributed by atoms with Crippen molar-refractivity contribution in [2.45, 2.75) is 0 Å². The number of nitrogens with two attached hydrogens (primary N) is 1. The Labute approximate surface area is 104 Å². The van der Waals surface area contributed by atoms with Gasteiger partial charge in [-0.05, 0) is 30.3 Å². The topological polar surface area (TPSA) is 59.1 Å². The average molecular weight is 247 g/mol. The highest BCUT2D eigenvalue weighted by molar-refractivity contribution is 6.31. The SMILES string of the molecule is N=C(N)c1cc(Cl)ccc1Oc1ccccc1. The lowest BCUT2D eigenvalue weighted by atomic mass is 10.2. The van der Waals surface area contributed by atoms with Gasteiger partial charge in [-0.3, -0.25) is 5.41 Å². The van der Waals surface area contributed by atoms with E-state index in [2.05, 4.69) is 0 Å². The van der Waals surface area contributed by atoms with Crippen molar-refractivity contribution in [3.8, 4) is 11.5 Å². The van der Waals surface area contributed by atoms with E-state index < -0.39 is 0 Å². The fraction of sp³-hybridized carbons (Fsp3) is 0. The number of amidine groups is 1. The summed E-state index contributed by atoms with van der Waals surface area (Å²) in [6.07, 6.45) is 0. The predicted molar refractivity (Wildman–Crippen MR) is 69.0 cm³/mol. The number of benzene rings is 2. The second-order valence-electron chi connectivity index (χ2n) is 3.47. The number of ether oxygens (including phenoxy) is 1. The second kappa shape index (κ2) is 4.89. The van der Waals surface area contributed by atoms with Crippen LogP contribution in [0.4, 0.5) is 0 Å². The molecule has 0 fully saturated rings. The number of hydrogen-bond acceptors (Lipinski definition) is 2. The Morgan fingerprint density at radius 3 is 2.47 bits per heavy atom. The van der Waals surface area contributed by atoms with Gasteiger partial charge in [-0.15, -0.1) is 0 Å². The summed E-state index contributed by atoms with van der Waals surface area (Å²) in [5.41, 5.74) is 5.97. The summed E-state index contributed by atoms with van der Waals surface area (Å²) in [6.45, 7) is 0. The van der Waals surface area contributed by atoms with Crippen molar-refractivity contribution in [2.24, 2.45) is 5.73 Å². The molecule has 0 saturated carbocycles. The molecule has 3 nitrogen and oxygen atoms in total. The maximum atomic E-state index is 7.48. The first-order chi connectivity index (χ1) is 8.16. The summed E-state index contributed by atoms with van der Waals surface area (Å²) in [4.78, 5) is 0.